The molecule has 154 valence electrons. The van der Waals surface area contributed by atoms with Gasteiger partial charge in [-0.25, -0.2) is 13.5 Å². The summed E-state index contributed by atoms with van der Waals surface area (Å²) in [7, 11) is 0. The van der Waals surface area contributed by atoms with E-state index in [2.05, 4.69) is 15.7 Å². The van der Waals surface area contributed by atoms with Crippen LogP contribution in [0.25, 0.3) is 5.69 Å². The number of fused-ring (bicyclic) bond motifs is 1. The summed E-state index contributed by atoms with van der Waals surface area (Å²) in [6, 6.07) is 8.24. The molecule has 0 saturated heterocycles. The van der Waals surface area contributed by atoms with Crippen LogP contribution in [0, 0.1) is 11.6 Å². The fourth-order valence-electron chi connectivity index (χ4n) is 3.53. The maximum atomic E-state index is 13.7. The van der Waals surface area contributed by atoms with E-state index in [1.807, 2.05) is 0 Å². The van der Waals surface area contributed by atoms with E-state index in [9.17, 15) is 18.4 Å². The Hall–Kier alpha value is -3.26. The number of nitrogens with zero attached hydrogens (tertiary/aromatic N) is 2. The van der Waals surface area contributed by atoms with E-state index >= 15 is 0 Å². The second-order valence-electron chi connectivity index (χ2n) is 6.97. The lowest BCUT2D eigenvalue weighted by atomic mass is 10.2. The van der Waals surface area contributed by atoms with Gasteiger partial charge >= 0.3 is 0 Å². The fraction of sp³-hybridized carbons (Fsp3) is 0.190. The van der Waals surface area contributed by atoms with Crippen molar-refractivity contribution in [3.63, 3.8) is 0 Å². The third-order valence-corrected chi connectivity index (χ3v) is 5.14. The van der Waals surface area contributed by atoms with Gasteiger partial charge in [-0.2, -0.15) is 5.10 Å². The molecule has 1 aliphatic rings. The van der Waals surface area contributed by atoms with Gasteiger partial charge in [-0.15, -0.1) is 0 Å². The highest BCUT2D eigenvalue weighted by atomic mass is 35.5. The normalized spacial score (nSPS) is 12.5. The number of anilines is 2. The van der Waals surface area contributed by atoms with Crippen LogP contribution >= 0.6 is 11.6 Å². The lowest BCUT2D eigenvalue weighted by molar-refractivity contribution is -0.114. The van der Waals surface area contributed by atoms with Crippen molar-refractivity contribution in [3.8, 4) is 5.69 Å². The van der Waals surface area contributed by atoms with Crippen LogP contribution in [-0.2, 0) is 17.6 Å². The summed E-state index contributed by atoms with van der Waals surface area (Å²) in [5.41, 5.74) is 3.03. The second-order valence-corrected chi connectivity index (χ2v) is 7.37. The van der Waals surface area contributed by atoms with Crippen molar-refractivity contribution in [2.24, 2.45) is 0 Å². The SMILES string of the molecule is CC(=O)Nc1ccc(NC(=O)c2nn(-c3ccc(F)c(F)c3)c3c2CCC3)c(Cl)c1. The summed E-state index contributed by atoms with van der Waals surface area (Å²) < 4.78 is 28.5. The summed E-state index contributed by atoms with van der Waals surface area (Å²) in [4.78, 5) is 24.1. The highest BCUT2D eigenvalue weighted by Crippen LogP contribution is 2.30. The number of nitrogens with one attached hydrogen (secondary N) is 2. The van der Waals surface area contributed by atoms with Crippen LogP contribution in [-0.4, -0.2) is 21.6 Å². The number of hydrogen-bond donors (Lipinski definition) is 2. The number of halogens is 3. The molecule has 0 saturated carbocycles. The Kier molecular flexibility index (Phi) is 5.26. The van der Waals surface area contributed by atoms with Gasteiger partial charge < -0.3 is 10.6 Å². The van der Waals surface area contributed by atoms with Crippen molar-refractivity contribution in [2.45, 2.75) is 26.2 Å². The molecule has 0 atom stereocenters. The Balaban J connectivity index is 1.64. The minimum Gasteiger partial charge on any atom is -0.326 e. The molecule has 4 rings (SSSR count). The number of aromatic nitrogens is 2. The van der Waals surface area contributed by atoms with Crippen LogP contribution in [0.5, 0.6) is 0 Å². The molecule has 2 N–H and O–H groups in total. The predicted octanol–water partition coefficient (Wildman–Crippen LogP) is 4.50. The number of carbonyl (C=O) groups excluding carboxylic acids is 2. The Morgan fingerprint density at radius 3 is 2.57 bits per heavy atom. The first kappa shape index (κ1) is 20.0. The Bertz CT molecular complexity index is 1180. The monoisotopic (exact) mass is 430 g/mol. The van der Waals surface area contributed by atoms with Gasteiger partial charge in [-0.1, -0.05) is 11.6 Å². The molecule has 1 aromatic heterocycles. The number of rotatable bonds is 4. The molecule has 30 heavy (non-hydrogen) atoms. The molecule has 0 bridgehead atoms. The largest absolute Gasteiger partial charge is 0.326 e. The van der Waals surface area contributed by atoms with Gasteiger partial charge in [0, 0.05) is 29.9 Å². The molecule has 2 amide bonds. The maximum absolute atomic E-state index is 13.7. The van der Waals surface area contributed by atoms with Gasteiger partial charge in [0.15, 0.2) is 17.3 Å². The zero-order valence-corrected chi connectivity index (χ0v) is 16.7. The van der Waals surface area contributed by atoms with Crippen molar-refractivity contribution in [1.82, 2.24) is 9.78 Å². The number of benzene rings is 2. The van der Waals surface area contributed by atoms with Crippen LogP contribution in [0.3, 0.4) is 0 Å². The van der Waals surface area contributed by atoms with Gasteiger partial charge in [0.2, 0.25) is 5.91 Å². The van der Waals surface area contributed by atoms with Crippen LogP contribution < -0.4 is 10.6 Å². The fourth-order valence-corrected chi connectivity index (χ4v) is 3.76. The molecule has 2 aromatic carbocycles. The standard InChI is InChI=1S/C21H17ClF2N4O2/c1-11(29)25-12-5-8-18(15(22)9-12)26-21(30)20-14-3-2-4-19(14)28(27-20)13-6-7-16(23)17(24)10-13/h5-10H,2-4H2,1H3,(H,25,29)(H,26,30). The molecule has 6 nitrogen and oxygen atoms in total. The minimum atomic E-state index is -0.980. The Morgan fingerprint density at radius 2 is 1.87 bits per heavy atom. The summed E-state index contributed by atoms with van der Waals surface area (Å²) in [6.07, 6.45) is 2.18. The molecule has 0 radical (unpaired) electrons. The Labute approximate surface area is 175 Å². The number of hydrogen-bond acceptors (Lipinski definition) is 3. The van der Waals surface area contributed by atoms with Crippen LogP contribution in [0.1, 0.15) is 35.1 Å². The first-order chi connectivity index (χ1) is 14.3. The van der Waals surface area contributed by atoms with E-state index in [1.165, 1.54) is 23.7 Å². The molecular weight excluding hydrogens is 414 g/mol. The summed E-state index contributed by atoms with van der Waals surface area (Å²) in [5, 5.41) is 9.97. The van der Waals surface area contributed by atoms with Crippen molar-refractivity contribution in [3.05, 3.63) is 70.0 Å². The van der Waals surface area contributed by atoms with Crippen molar-refractivity contribution < 1.29 is 18.4 Å². The first-order valence-electron chi connectivity index (χ1n) is 9.28. The van der Waals surface area contributed by atoms with E-state index in [1.54, 1.807) is 12.1 Å². The highest BCUT2D eigenvalue weighted by Gasteiger charge is 2.27. The van der Waals surface area contributed by atoms with Crippen LogP contribution in [0.2, 0.25) is 5.02 Å². The smallest absolute Gasteiger partial charge is 0.276 e. The third-order valence-electron chi connectivity index (χ3n) is 4.83. The highest BCUT2D eigenvalue weighted by molar-refractivity contribution is 6.34. The summed E-state index contributed by atoms with van der Waals surface area (Å²) in [5.74, 6) is -2.62. The lowest BCUT2D eigenvalue weighted by Gasteiger charge is -2.09. The maximum Gasteiger partial charge on any atom is 0.276 e. The van der Waals surface area contributed by atoms with Crippen molar-refractivity contribution in [2.75, 3.05) is 10.6 Å². The molecular formula is C21H17ClF2N4O2. The zero-order valence-electron chi connectivity index (χ0n) is 15.9. The van der Waals surface area contributed by atoms with Gasteiger partial charge in [-0.05, 0) is 49.6 Å². The first-order valence-corrected chi connectivity index (χ1v) is 9.66. The molecule has 1 aliphatic carbocycles. The molecule has 0 unspecified atom stereocenters. The molecule has 0 aliphatic heterocycles. The van der Waals surface area contributed by atoms with Crippen LogP contribution in [0.4, 0.5) is 20.2 Å². The van der Waals surface area contributed by atoms with Crippen molar-refractivity contribution >= 4 is 34.8 Å². The zero-order chi connectivity index (χ0) is 21.4. The number of amides is 2. The average Bonchev–Trinajstić information content (AvgIpc) is 3.28. The second kappa shape index (κ2) is 7.87. The van der Waals surface area contributed by atoms with Crippen molar-refractivity contribution in [1.29, 1.82) is 0 Å². The molecule has 0 spiro atoms. The van der Waals surface area contributed by atoms with Gasteiger partial charge in [0.05, 0.1) is 16.4 Å². The molecule has 1 heterocycles. The lowest BCUT2D eigenvalue weighted by Crippen LogP contribution is -2.15. The summed E-state index contributed by atoms with van der Waals surface area (Å²) >= 11 is 6.23. The molecule has 0 fully saturated rings. The quantitative estimate of drug-likeness (QED) is 0.639. The Morgan fingerprint density at radius 1 is 1.07 bits per heavy atom. The van der Waals surface area contributed by atoms with Gasteiger partial charge in [0.1, 0.15) is 0 Å². The van der Waals surface area contributed by atoms with E-state index in [0.29, 0.717) is 29.9 Å². The van der Waals surface area contributed by atoms with E-state index in [-0.39, 0.29) is 16.6 Å². The van der Waals surface area contributed by atoms with Gasteiger partial charge in [-0.3, -0.25) is 9.59 Å². The average molecular weight is 431 g/mol. The summed E-state index contributed by atoms with van der Waals surface area (Å²) in [6.45, 7) is 1.38. The predicted molar refractivity (Wildman–Crippen MR) is 109 cm³/mol. The topological polar surface area (TPSA) is 76.0 Å². The van der Waals surface area contributed by atoms with E-state index < -0.39 is 17.5 Å². The van der Waals surface area contributed by atoms with E-state index in [0.717, 1.165) is 29.8 Å². The van der Waals surface area contributed by atoms with Crippen LogP contribution in [0.15, 0.2) is 36.4 Å². The number of carbonyl (C=O) groups is 2. The van der Waals surface area contributed by atoms with Gasteiger partial charge in [0.25, 0.3) is 5.91 Å². The minimum absolute atomic E-state index is 0.217. The molecule has 3 aromatic rings. The third kappa shape index (κ3) is 3.78. The molecule has 9 heteroatoms. The van der Waals surface area contributed by atoms with E-state index in [4.69, 9.17) is 11.6 Å².